The maximum absolute atomic E-state index is 12.3. The largest absolute Gasteiger partial charge is 0.378 e. The van der Waals surface area contributed by atoms with Crippen molar-refractivity contribution in [2.24, 2.45) is 0 Å². The van der Waals surface area contributed by atoms with E-state index in [2.05, 4.69) is 10.6 Å². The molecule has 2 aliphatic rings. The monoisotopic (exact) mass is 283 g/mol. The minimum absolute atomic E-state index is 0.00113. The second kappa shape index (κ2) is 6.54. The summed E-state index contributed by atoms with van der Waals surface area (Å²) >= 11 is 0. The number of nitrogens with one attached hydrogen (secondary N) is 2. The highest BCUT2D eigenvalue weighted by molar-refractivity contribution is 5.91. The van der Waals surface area contributed by atoms with E-state index in [1.54, 1.807) is 18.7 Å². The molecule has 2 N–H and O–H groups in total. The van der Waals surface area contributed by atoms with Gasteiger partial charge in [0.2, 0.25) is 11.8 Å². The predicted octanol–water partition coefficient (Wildman–Crippen LogP) is -0.118. The fraction of sp³-hybridized carbons (Fsp3) is 0.857. The molecule has 2 rings (SSSR count). The number of piperidine rings is 1. The molecule has 2 saturated heterocycles. The first kappa shape index (κ1) is 15.3. The lowest BCUT2D eigenvalue weighted by Gasteiger charge is -2.41. The fourth-order valence-electron chi connectivity index (χ4n) is 2.75. The van der Waals surface area contributed by atoms with Crippen molar-refractivity contribution < 1.29 is 14.3 Å². The van der Waals surface area contributed by atoms with Gasteiger partial charge >= 0.3 is 0 Å². The number of ether oxygens (including phenoxy) is 1. The van der Waals surface area contributed by atoms with Crippen LogP contribution in [0.2, 0.25) is 0 Å². The maximum atomic E-state index is 12.3. The van der Waals surface area contributed by atoms with Crippen molar-refractivity contribution in [3.8, 4) is 0 Å². The molecular formula is C14H25N3O3. The molecule has 0 bridgehead atoms. The third-order valence-electron chi connectivity index (χ3n) is 4.11. The van der Waals surface area contributed by atoms with Crippen LogP contribution in [0.15, 0.2) is 0 Å². The molecule has 0 spiro atoms. The molecule has 0 aliphatic carbocycles. The first-order chi connectivity index (χ1) is 9.51. The molecule has 2 fully saturated rings. The molecule has 0 aromatic carbocycles. The van der Waals surface area contributed by atoms with Crippen molar-refractivity contribution in [2.45, 2.75) is 44.8 Å². The van der Waals surface area contributed by atoms with E-state index in [-0.39, 0.29) is 17.9 Å². The zero-order chi connectivity index (χ0) is 14.6. The quantitative estimate of drug-likeness (QED) is 0.755. The van der Waals surface area contributed by atoms with Gasteiger partial charge in [-0.1, -0.05) is 0 Å². The number of amides is 2. The van der Waals surface area contributed by atoms with Gasteiger partial charge in [0, 0.05) is 13.1 Å². The highest BCUT2D eigenvalue weighted by Gasteiger charge is 2.40. The Morgan fingerprint density at radius 2 is 2.05 bits per heavy atom. The Morgan fingerprint density at radius 3 is 2.75 bits per heavy atom. The predicted molar refractivity (Wildman–Crippen MR) is 75.3 cm³/mol. The normalized spacial score (nSPS) is 23.5. The minimum Gasteiger partial charge on any atom is -0.378 e. The Kier molecular flexibility index (Phi) is 4.99. The zero-order valence-corrected chi connectivity index (χ0v) is 12.4. The average Bonchev–Trinajstić information content (AvgIpc) is 2.43. The number of carbonyl (C=O) groups excluding carboxylic acids is 2. The van der Waals surface area contributed by atoms with Crippen LogP contribution in [0.1, 0.15) is 33.1 Å². The summed E-state index contributed by atoms with van der Waals surface area (Å²) < 4.78 is 5.75. The second-order valence-electron chi connectivity index (χ2n) is 5.93. The number of nitrogens with zero attached hydrogens (tertiary/aromatic N) is 1. The van der Waals surface area contributed by atoms with Crippen molar-refractivity contribution in [3.05, 3.63) is 0 Å². The van der Waals surface area contributed by atoms with Gasteiger partial charge in [0.1, 0.15) is 5.54 Å². The lowest BCUT2D eigenvalue weighted by Crippen LogP contribution is -2.63. The van der Waals surface area contributed by atoms with Crippen LogP contribution in [0.25, 0.3) is 0 Å². The lowest BCUT2D eigenvalue weighted by atomic mass is 9.98. The number of rotatable bonds is 4. The second-order valence-corrected chi connectivity index (χ2v) is 5.93. The van der Waals surface area contributed by atoms with E-state index in [4.69, 9.17) is 4.74 Å². The van der Waals surface area contributed by atoms with Crippen molar-refractivity contribution in [2.75, 3.05) is 32.8 Å². The van der Waals surface area contributed by atoms with Crippen molar-refractivity contribution in [3.63, 3.8) is 0 Å². The molecule has 0 radical (unpaired) electrons. The number of hydrogen-bond acceptors (Lipinski definition) is 4. The van der Waals surface area contributed by atoms with Gasteiger partial charge in [-0.25, -0.2) is 0 Å². The van der Waals surface area contributed by atoms with E-state index in [0.717, 1.165) is 25.9 Å². The minimum atomic E-state index is -0.760. The van der Waals surface area contributed by atoms with Gasteiger partial charge in [0.15, 0.2) is 0 Å². The summed E-state index contributed by atoms with van der Waals surface area (Å²) in [6.07, 6.45) is 2.62. The Hall–Kier alpha value is -1.14. The SMILES string of the molecule is CC1(C)C(=O)NCCN1C(=O)CCOC1CCNCC1. The van der Waals surface area contributed by atoms with Gasteiger partial charge in [-0.05, 0) is 39.8 Å². The molecular weight excluding hydrogens is 258 g/mol. The first-order valence-corrected chi connectivity index (χ1v) is 7.43. The molecule has 2 amide bonds. The fourth-order valence-corrected chi connectivity index (χ4v) is 2.75. The van der Waals surface area contributed by atoms with Crippen LogP contribution in [-0.2, 0) is 14.3 Å². The van der Waals surface area contributed by atoms with Crippen molar-refractivity contribution in [1.82, 2.24) is 15.5 Å². The average molecular weight is 283 g/mol. The highest BCUT2D eigenvalue weighted by Crippen LogP contribution is 2.19. The van der Waals surface area contributed by atoms with Gasteiger partial charge in [-0.2, -0.15) is 0 Å². The molecule has 0 atom stereocenters. The van der Waals surface area contributed by atoms with Crippen molar-refractivity contribution in [1.29, 1.82) is 0 Å². The van der Waals surface area contributed by atoms with Gasteiger partial charge in [0.05, 0.1) is 19.1 Å². The van der Waals surface area contributed by atoms with Crippen LogP contribution in [-0.4, -0.2) is 61.1 Å². The number of piperazine rings is 1. The van der Waals surface area contributed by atoms with E-state index in [1.165, 1.54) is 0 Å². The smallest absolute Gasteiger partial charge is 0.245 e. The van der Waals surface area contributed by atoms with Gasteiger partial charge in [-0.15, -0.1) is 0 Å². The Bertz CT molecular complexity index is 365. The van der Waals surface area contributed by atoms with Gasteiger partial charge in [0.25, 0.3) is 0 Å². The standard InChI is InChI=1S/C14H25N3O3/c1-14(2)13(19)16-8-9-17(14)12(18)5-10-20-11-3-6-15-7-4-11/h11,15H,3-10H2,1-2H3,(H,16,19). The van der Waals surface area contributed by atoms with E-state index in [9.17, 15) is 9.59 Å². The summed E-state index contributed by atoms with van der Waals surface area (Å²) in [5, 5.41) is 6.08. The zero-order valence-electron chi connectivity index (χ0n) is 12.4. The summed E-state index contributed by atoms with van der Waals surface area (Å²) in [7, 11) is 0. The topological polar surface area (TPSA) is 70.7 Å². The third kappa shape index (κ3) is 3.49. The molecule has 0 aromatic rings. The van der Waals surface area contributed by atoms with Gasteiger partial charge < -0.3 is 20.3 Å². The van der Waals surface area contributed by atoms with Crippen LogP contribution in [0.5, 0.6) is 0 Å². The van der Waals surface area contributed by atoms with Crippen LogP contribution < -0.4 is 10.6 Å². The Morgan fingerprint density at radius 1 is 1.35 bits per heavy atom. The lowest BCUT2D eigenvalue weighted by molar-refractivity contribution is -0.150. The van der Waals surface area contributed by atoms with Crippen molar-refractivity contribution >= 4 is 11.8 Å². The Balaban J connectivity index is 1.77. The highest BCUT2D eigenvalue weighted by atomic mass is 16.5. The summed E-state index contributed by atoms with van der Waals surface area (Å²) in [4.78, 5) is 25.7. The molecule has 6 nitrogen and oxygen atoms in total. The van der Waals surface area contributed by atoms with Gasteiger partial charge in [-0.3, -0.25) is 9.59 Å². The molecule has 2 aliphatic heterocycles. The van der Waals surface area contributed by atoms with Crippen LogP contribution in [0, 0.1) is 0 Å². The summed E-state index contributed by atoms with van der Waals surface area (Å²) in [6, 6.07) is 0. The molecule has 114 valence electrons. The van der Waals surface area contributed by atoms with Crippen LogP contribution in [0.3, 0.4) is 0 Å². The summed E-state index contributed by atoms with van der Waals surface area (Å²) in [6.45, 7) is 7.09. The molecule has 0 aromatic heterocycles. The van der Waals surface area contributed by atoms with Crippen LogP contribution in [0.4, 0.5) is 0 Å². The molecule has 2 heterocycles. The Labute approximate surface area is 120 Å². The molecule has 20 heavy (non-hydrogen) atoms. The first-order valence-electron chi connectivity index (χ1n) is 7.43. The maximum Gasteiger partial charge on any atom is 0.245 e. The third-order valence-corrected chi connectivity index (χ3v) is 4.11. The molecule has 0 saturated carbocycles. The molecule has 0 unspecified atom stereocenters. The summed E-state index contributed by atoms with van der Waals surface area (Å²) in [5.41, 5.74) is -0.760. The van der Waals surface area contributed by atoms with E-state index in [0.29, 0.717) is 26.1 Å². The molecule has 6 heteroatoms. The van der Waals surface area contributed by atoms with E-state index < -0.39 is 5.54 Å². The van der Waals surface area contributed by atoms with E-state index >= 15 is 0 Å². The summed E-state index contributed by atoms with van der Waals surface area (Å²) in [5.74, 6) is -0.0878. The number of hydrogen-bond donors (Lipinski definition) is 2. The number of carbonyl (C=O) groups is 2. The van der Waals surface area contributed by atoms with E-state index in [1.807, 2.05) is 0 Å². The van der Waals surface area contributed by atoms with Crippen LogP contribution >= 0.6 is 0 Å².